The van der Waals surface area contributed by atoms with Gasteiger partial charge >= 0.3 is 6.09 Å². The SMILES string of the molecule is CC[C@H]1COCCN1c1cc(S(=O)[O-])cc(C2(S(C)(=O)=O)CCN(C(=O)OC(C)(C)C)CC2)c1. The number of hydrogen-bond donors (Lipinski definition) is 0. The number of morpholine rings is 1. The Morgan fingerprint density at radius 3 is 2.41 bits per heavy atom. The van der Waals surface area contributed by atoms with Crippen molar-refractivity contribution < 1.29 is 31.4 Å². The number of likely N-dealkylation sites (tertiary alicyclic amines) is 1. The maximum atomic E-state index is 13.2. The van der Waals surface area contributed by atoms with Crippen LogP contribution in [0.3, 0.4) is 0 Å². The molecule has 2 saturated heterocycles. The number of rotatable bonds is 5. The van der Waals surface area contributed by atoms with E-state index in [1.54, 1.807) is 32.9 Å². The summed E-state index contributed by atoms with van der Waals surface area (Å²) in [6.45, 7) is 9.38. The van der Waals surface area contributed by atoms with Gasteiger partial charge in [0.25, 0.3) is 0 Å². The van der Waals surface area contributed by atoms with Gasteiger partial charge in [0.15, 0.2) is 9.84 Å². The molecule has 0 N–H and O–H groups in total. The van der Waals surface area contributed by atoms with Crippen molar-refractivity contribution >= 4 is 32.7 Å². The van der Waals surface area contributed by atoms with E-state index in [1.807, 2.05) is 6.92 Å². The van der Waals surface area contributed by atoms with Crippen LogP contribution in [0, 0.1) is 0 Å². The summed E-state index contributed by atoms with van der Waals surface area (Å²) in [6.07, 6.45) is 1.81. The van der Waals surface area contributed by atoms with Crippen molar-refractivity contribution in [3.8, 4) is 0 Å². The molecule has 2 aliphatic rings. The molecule has 1 amide bonds. The molecule has 2 atom stereocenters. The Kier molecular flexibility index (Phi) is 8.01. The van der Waals surface area contributed by atoms with Crippen LogP contribution in [0.2, 0.25) is 0 Å². The lowest BCUT2D eigenvalue weighted by atomic mass is 9.87. The van der Waals surface area contributed by atoms with Crippen LogP contribution >= 0.6 is 0 Å². The first-order valence-corrected chi connectivity index (χ1v) is 14.5. The number of piperidine rings is 1. The van der Waals surface area contributed by atoms with E-state index in [1.165, 1.54) is 17.2 Å². The smallest absolute Gasteiger partial charge is 0.410 e. The van der Waals surface area contributed by atoms with Crippen LogP contribution in [0.25, 0.3) is 0 Å². The first-order chi connectivity index (χ1) is 15.8. The van der Waals surface area contributed by atoms with Gasteiger partial charge in [0, 0.05) is 36.5 Å². The van der Waals surface area contributed by atoms with Crippen LogP contribution in [0.15, 0.2) is 23.1 Å². The fraction of sp³-hybridized carbons (Fsp3) is 0.696. The number of hydrogen-bond acceptors (Lipinski definition) is 8. The second-order valence-corrected chi connectivity index (χ2v) is 13.3. The predicted octanol–water partition coefficient (Wildman–Crippen LogP) is 2.81. The van der Waals surface area contributed by atoms with Crippen molar-refractivity contribution in [2.24, 2.45) is 0 Å². The van der Waals surface area contributed by atoms with Gasteiger partial charge < -0.3 is 23.8 Å². The predicted molar refractivity (Wildman–Crippen MR) is 129 cm³/mol. The lowest BCUT2D eigenvalue weighted by Gasteiger charge is -2.42. The summed E-state index contributed by atoms with van der Waals surface area (Å²) in [5.41, 5.74) is 0.457. The van der Waals surface area contributed by atoms with Crippen molar-refractivity contribution in [3.05, 3.63) is 23.8 Å². The van der Waals surface area contributed by atoms with Crippen LogP contribution in [-0.4, -0.2) is 78.9 Å². The summed E-state index contributed by atoms with van der Waals surface area (Å²) in [6, 6.07) is 4.92. The summed E-state index contributed by atoms with van der Waals surface area (Å²) in [5, 5.41) is 0. The lowest BCUT2D eigenvalue weighted by Crippen LogP contribution is -2.50. The van der Waals surface area contributed by atoms with Crippen molar-refractivity contribution in [1.82, 2.24) is 4.90 Å². The monoisotopic (exact) mass is 515 g/mol. The number of nitrogens with zero attached hydrogens (tertiary/aromatic N) is 2. The molecule has 1 aromatic carbocycles. The number of amides is 1. The van der Waals surface area contributed by atoms with E-state index in [9.17, 15) is 22.0 Å². The molecule has 9 nitrogen and oxygen atoms in total. The highest BCUT2D eigenvalue weighted by Gasteiger charge is 2.46. The summed E-state index contributed by atoms with van der Waals surface area (Å²) in [5.74, 6) is 0. The van der Waals surface area contributed by atoms with Crippen molar-refractivity contribution in [3.63, 3.8) is 0 Å². The largest absolute Gasteiger partial charge is 0.768 e. The number of anilines is 1. The lowest BCUT2D eigenvalue weighted by molar-refractivity contribution is 0.0192. The van der Waals surface area contributed by atoms with Gasteiger partial charge in [0.05, 0.1) is 19.3 Å². The van der Waals surface area contributed by atoms with Crippen molar-refractivity contribution in [2.75, 3.05) is 44.0 Å². The molecule has 192 valence electrons. The Morgan fingerprint density at radius 2 is 1.88 bits per heavy atom. The summed E-state index contributed by atoms with van der Waals surface area (Å²) in [7, 11) is -3.66. The van der Waals surface area contributed by atoms with E-state index in [0.717, 1.165) is 6.42 Å². The molecule has 3 rings (SSSR count). The van der Waals surface area contributed by atoms with E-state index < -0.39 is 37.4 Å². The molecular weight excluding hydrogens is 480 g/mol. The molecule has 34 heavy (non-hydrogen) atoms. The van der Waals surface area contributed by atoms with Crippen LogP contribution in [0.1, 0.15) is 52.5 Å². The fourth-order valence-corrected chi connectivity index (χ4v) is 6.60. The summed E-state index contributed by atoms with van der Waals surface area (Å²) < 4.78 is 60.1. The van der Waals surface area contributed by atoms with Gasteiger partial charge in [-0.05, 0) is 74.9 Å². The zero-order valence-corrected chi connectivity index (χ0v) is 22.2. The molecular formula is C23H35N2O7S2-. The highest BCUT2D eigenvalue weighted by atomic mass is 32.2. The maximum absolute atomic E-state index is 13.2. The highest BCUT2D eigenvalue weighted by molar-refractivity contribution is 7.91. The number of carbonyl (C=O) groups excluding carboxylic acids is 1. The maximum Gasteiger partial charge on any atom is 0.410 e. The van der Waals surface area contributed by atoms with E-state index >= 15 is 0 Å². The Bertz CT molecular complexity index is 1030. The van der Waals surface area contributed by atoms with Gasteiger partial charge in [-0.25, -0.2) is 13.2 Å². The average Bonchev–Trinajstić information content (AvgIpc) is 2.76. The minimum atomic E-state index is -3.66. The standard InChI is InChI=1S/C23H36N2O7S2/c1-6-18-16-31-12-11-25(18)19-13-17(14-20(15-19)33(27)28)23(34(5,29)30)7-9-24(10-8-23)21(26)32-22(2,3)4/h13-15,18H,6-12,16H2,1-5H3,(H,27,28)/p-1/t18-/m0/s1. The zero-order valence-electron chi connectivity index (χ0n) is 20.5. The molecule has 0 radical (unpaired) electrons. The van der Waals surface area contributed by atoms with Gasteiger partial charge in [0.2, 0.25) is 0 Å². The van der Waals surface area contributed by atoms with E-state index in [2.05, 4.69) is 4.90 Å². The third-order valence-electron chi connectivity index (χ3n) is 6.57. The van der Waals surface area contributed by atoms with Crippen LogP contribution in [0.4, 0.5) is 10.5 Å². The molecule has 0 aliphatic carbocycles. The minimum absolute atomic E-state index is 0.0476. The molecule has 2 aliphatic heterocycles. The normalized spacial score (nSPS) is 22.4. The quantitative estimate of drug-likeness (QED) is 0.550. The molecule has 0 aromatic heterocycles. The third kappa shape index (κ3) is 5.75. The topological polar surface area (TPSA) is 116 Å². The summed E-state index contributed by atoms with van der Waals surface area (Å²) in [4.78, 5) is 16.2. The fourth-order valence-electron chi connectivity index (χ4n) is 4.69. The van der Waals surface area contributed by atoms with Gasteiger partial charge in [-0.3, -0.25) is 4.21 Å². The molecule has 0 saturated carbocycles. The number of carbonyl (C=O) groups is 1. The summed E-state index contributed by atoms with van der Waals surface area (Å²) >= 11 is -2.53. The number of ether oxygens (including phenoxy) is 2. The Labute approximate surface area is 205 Å². The van der Waals surface area contributed by atoms with Crippen molar-refractivity contribution in [1.29, 1.82) is 0 Å². The molecule has 0 spiro atoms. The van der Waals surface area contributed by atoms with Gasteiger partial charge in [-0.1, -0.05) is 6.92 Å². The second kappa shape index (κ2) is 10.1. The molecule has 1 aromatic rings. The van der Waals surface area contributed by atoms with Crippen LogP contribution in [-0.2, 0) is 35.1 Å². The Hall–Kier alpha value is -1.69. The van der Waals surface area contributed by atoms with Gasteiger partial charge in [-0.15, -0.1) is 0 Å². The van der Waals surface area contributed by atoms with Gasteiger partial charge in [0.1, 0.15) is 10.3 Å². The van der Waals surface area contributed by atoms with Crippen molar-refractivity contribution in [2.45, 2.75) is 68.2 Å². The molecule has 1 unspecified atom stereocenters. The minimum Gasteiger partial charge on any atom is -0.768 e. The van der Waals surface area contributed by atoms with Gasteiger partial charge in [-0.2, -0.15) is 0 Å². The zero-order chi connectivity index (χ0) is 25.3. The average molecular weight is 516 g/mol. The van der Waals surface area contributed by atoms with Crippen LogP contribution in [0.5, 0.6) is 0 Å². The highest BCUT2D eigenvalue weighted by Crippen LogP contribution is 2.43. The third-order valence-corrected chi connectivity index (χ3v) is 9.26. The molecule has 0 bridgehead atoms. The molecule has 11 heteroatoms. The number of benzene rings is 1. The van der Waals surface area contributed by atoms with E-state index in [0.29, 0.717) is 31.0 Å². The molecule has 2 fully saturated rings. The van der Waals surface area contributed by atoms with Crippen LogP contribution < -0.4 is 4.90 Å². The first-order valence-electron chi connectivity index (χ1n) is 11.5. The van der Waals surface area contributed by atoms with E-state index in [-0.39, 0.29) is 36.9 Å². The molecule has 2 heterocycles. The Morgan fingerprint density at radius 1 is 1.24 bits per heavy atom. The Balaban J connectivity index is 2.01. The van der Waals surface area contributed by atoms with E-state index in [4.69, 9.17) is 9.47 Å². The first kappa shape index (κ1) is 26.9. The number of sulfone groups is 1. The second-order valence-electron chi connectivity index (χ2n) is 10.0.